The number of furan rings is 1. The highest BCUT2D eigenvalue weighted by Crippen LogP contribution is 2.55. The van der Waals surface area contributed by atoms with Crippen molar-refractivity contribution >= 4 is 66.5 Å². The number of nitrogens with zero attached hydrogens (tertiary/aromatic N) is 4. The van der Waals surface area contributed by atoms with Crippen LogP contribution in [0.1, 0.15) is 42.3 Å². The van der Waals surface area contributed by atoms with Crippen LogP contribution in [0.2, 0.25) is 0 Å². The van der Waals surface area contributed by atoms with Crippen LogP contribution in [0, 0.1) is 0 Å². The summed E-state index contributed by atoms with van der Waals surface area (Å²) in [5.74, 6) is 0.773. The molecule has 48 heavy (non-hydrogen) atoms. The van der Waals surface area contributed by atoms with E-state index in [1.807, 2.05) is 85.1 Å². The van der Waals surface area contributed by atoms with Gasteiger partial charge in [0.15, 0.2) is 6.17 Å². The topological polar surface area (TPSA) is 46.6 Å². The first-order valence-electron chi connectivity index (χ1n) is 16.2. The van der Waals surface area contributed by atoms with E-state index in [1.165, 1.54) is 0 Å². The Morgan fingerprint density at radius 3 is 2.33 bits per heavy atom. The zero-order valence-corrected chi connectivity index (χ0v) is 26.4. The molecule has 0 fully saturated rings. The van der Waals surface area contributed by atoms with Gasteiger partial charge in [-0.3, -0.25) is 9.30 Å². The Kier molecular flexibility index (Phi) is 5.51. The predicted molar refractivity (Wildman–Crippen MR) is 191 cm³/mol. The van der Waals surface area contributed by atoms with E-state index in [4.69, 9.17) is 9.40 Å². The molecule has 1 aliphatic rings. The molecule has 10 rings (SSSR count). The van der Waals surface area contributed by atoms with Gasteiger partial charge in [-0.15, -0.1) is 0 Å². The molecule has 230 valence electrons. The normalized spacial score (nSPS) is 14.6. The zero-order valence-electron chi connectivity index (χ0n) is 26.4. The Morgan fingerprint density at radius 2 is 1.46 bits per heavy atom. The van der Waals surface area contributed by atoms with Crippen molar-refractivity contribution in [2.45, 2.75) is 25.4 Å². The van der Waals surface area contributed by atoms with Crippen molar-refractivity contribution < 1.29 is 8.81 Å². The fourth-order valence-corrected chi connectivity index (χ4v) is 7.98. The highest BCUT2D eigenvalue weighted by molar-refractivity contribution is 6.12. The second kappa shape index (κ2) is 9.75. The van der Waals surface area contributed by atoms with E-state index in [0.29, 0.717) is 11.1 Å². The molecule has 0 amide bonds. The summed E-state index contributed by atoms with van der Waals surface area (Å²) in [7, 11) is 0. The summed E-state index contributed by atoms with van der Waals surface area (Å²) in [6, 6.07) is 38.5. The summed E-state index contributed by atoms with van der Waals surface area (Å²) in [5, 5.41) is 5.28. The van der Waals surface area contributed by atoms with E-state index in [-0.39, 0.29) is 0 Å². The van der Waals surface area contributed by atoms with Crippen molar-refractivity contribution in [3.8, 4) is 0 Å². The number of fused-ring (bicyclic) bond motifs is 12. The zero-order chi connectivity index (χ0) is 32.1. The molecule has 5 aromatic carbocycles. The Labute approximate surface area is 275 Å². The van der Waals surface area contributed by atoms with Gasteiger partial charge in [0.1, 0.15) is 22.6 Å². The van der Waals surface area contributed by atoms with Crippen LogP contribution in [0.4, 0.5) is 21.6 Å². The molecule has 1 atom stereocenters. The molecule has 1 aliphatic heterocycles. The number of aromatic nitrogens is 3. The number of rotatable bonds is 3. The molecule has 0 N–H and O–H groups in total. The fourth-order valence-electron chi connectivity index (χ4n) is 7.98. The van der Waals surface area contributed by atoms with Crippen molar-refractivity contribution in [1.82, 2.24) is 14.4 Å². The summed E-state index contributed by atoms with van der Waals surface area (Å²) in [6.07, 6.45) is 4.22. The maximum absolute atomic E-state index is 16.9. The molecule has 4 aromatic heterocycles. The maximum atomic E-state index is 16.9. The van der Waals surface area contributed by atoms with Crippen LogP contribution in [0.25, 0.3) is 49.3 Å². The molecule has 0 saturated heterocycles. The van der Waals surface area contributed by atoms with Gasteiger partial charge in [-0.05, 0) is 76.2 Å². The SMILES string of the molecule is CC1(C)c2ccc(C(F)c3ccc4c5ccccc5n5ccnc5c4c3)cc2N(c2ccccn2)c2ccc3oc4ccccc4c3c21. The van der Waals surface area contributed by atoms with Gasteiger partial charge >= 0.3 is 0 Å². The Morgan fingerprint density at radius 1 is 0.667 bits per heavy atom. The molecular weight excluding hydrogens is 595 g/mol. The number of pyridine rings is 2. The number of anilines is 3. The maximum Gasteiger partial charge on any atom is 0.150 e. The lowest BCUT2D eigenvalue weighted by Crippen LogP contribution is -2.31. The molecule has 0 aliphatic carbocycles. The van der Waals surface area contributed by atoms with Crippen molar-refractivity contribution in [3.63, 3.8) is 0 Å². The molecule has 0 bridgehead atoms. The quantitative estimate of drug-likeness (QED) is 0.184. The van der Waals surface area contributed by atoms with E-state index < -0.39 is 11.6 Å². The van der Waals surface area contributed by atoms with E-state index >= 15 is 4.39 Å². The number of halogens is 1. The van der Waals surface area contributed by atoms with Gasteiger partial charge < -0.3 is 4.42 Å². The summed E-state index contributed by atoms with van der Waals surface area (Å²) < 4.78 is 25.3. The van der Waals surface area contributed by atoms with Crippen LogP contribution in [0.15, 0.2) is 138 Å². The van der Waals surface area contributed by atoms with Crippen molar-refractivity contribution in [1.29, 1.82) is 0 Å². The van der Waals surface area contributed by atoms with Crippen LogP contribution in [0.5, 0.6) is 0 Å². The summed E-state index contributed by atoms with van der Waals surface area (Å²) in [5.41, 5.74) is 8.56. The van der Waals surface area contributed by atoms with Gasteiger partial charge in [0.05, 0.1) is 16.9 Å². The van der Waals surface area contributed by atoms with E-state index in [0.717, 1.165) is 77.6 Å². The molecule has 0 spiro atoms. The summed E-state index contributed by atoms with van der Waals surface area (Å²) in [6.45, 7) is 4.50. The van der Waals surface area contributed by atoms with Gasteiger partial charge in [-0.1, -0.05) is 80.6 Å². The number of hydrogen-bond acceptors (Lipinski definition) is 4. The lowest BCUT2D eigenvalue weighted by atomic mass is 9.71. The van der Waals surface area contributed by atoms with Gasteiger partial charge in [-0.2, -0.15) is 0 Å². The highest BCUT2D eigenvalue weighted by Gasteiger charge is 2.40. The predicted octanol–water partition coefficient (Wildman–Crippen LogP) is 11.1. The van der Waals surface area contributed by atoms with Crippen molar-refractivity contribution in [2.75, 3.05) is 4.90 Å². The van der Waals surface area contributed by atoms with Gasteiger partial charge in [0, 0.05) is 45.6 Å². The number of hydrogen-bond donors (Lipinski definition) is 0. The molecule has 6 heteroatoms. The second-order valence-corrected chi connectivity index (χ2v) is 13.2. The fraction of sp³-hybridized carbons (Fsp3) is 0.0952. The van der Waals surface area contributed by atoms with Gasteiger partial charge in [0.2, 0.25) is 0 Å². The first-order chi connectivity index (χ1) is 23.5. The lowest BCUT2D eigenvalue weighted by molar-refractivity contribution is 0.402. The Hall–Kier alpha value is -6.01. The summed E-state index contributed by atoms with van der Waals surface area (Å²) >= 11 is 0. The third-order valence-corrected chi connectivity index (χ3v) is 10.2. The van der Waals surface area contributed by atoms with Crippen LogP contribution in [-0.4, -0.2) is 14.4 Å². The minimum atomic E-state index is -1.35. The van der Waals surface area contributed by atoms with E-state index in [1.54, 1.807) is 12.4 Å². The number of alkyl halides is 1. The molecule has 1 unspecified atom stereocenters. The monoisotopic (exact) mass is 624 g/mol. The molecule has 5 heterocycles. The van der Waals surface area contributed by atoms with Gasteiger partial charge in [-0.25, -0.2) is 14.4 Å². The lowest BCUT2D eigenvalue weighted by Gasteiger charge is -2.42. The van der Waals surface area contributed by atoms with E-state index in [9.17, 15) is 0 Å². The number of para-hydroxylation sites is 2. The molecule has 9 aromatic rings. The molecule has 0 radical (unpaired) electrons. The van der Waals surface area contributed by atoms with Crippen LogP contribution in [-0.2, 0) is 5.41 Å². The second-order valence-electron chi connectivity index (χ2n) is 13.2. The minimum absolute atomic E-state index is 0.414. The largest absolute Gasteiger partial charge is 0.456 e. The molecular formula is C42H29FN4O. The number of benzene rings is 5. The number of imidazole rings is 1. The first kappa shape index (κ1) is 27.1. The average Bonchev–Trinajstić information content (AvgIpc) is 3.77. The minimum Gasteiger partial charge on any atom is -0.456 e. The van der Waals surface area contributed by atoms with Gasteiger partial charge in [0.25, 0.3) is 0 Å². The van der Waals surface area contributed by atoms with Crippen LogP contribution in [0.3, 0.4) is 0 Å². The molecule has 5 nitrogen and oxygen atoms in total. The highest BCUT2D eigenvalue weighted by atomic mass is 19.1. The average molecular weight is 625 g/mol. The van der Waals surface area contributed by atoms with Crippen LogP contribution < -0.4 is 4.90 Å². The summed E-state index contributed by atoms with van der Waals surface area (Å²) in [4.78, 5) is 11.6. The third kappa shape index (κ3) is 3.65. The standard InChI is InChI=1S/C42H29FN4O/c1-42(2)31-17-15-26(40(43)25-14-16-27-28-9-3-5-11-32(28)46-22-21-45-41(46)30(27)23-25)24-34(31)47(37-13-7-8-20-44-37)33-18-19-36-38(39(33)42)29-10-4-6-12-35(29)48-36/h3-24,40H,1-2H3. The van der Waals surface area contributed by atoms with E-state index in [2.05, 4.69) is 64.5 Å². The van der Waals surface area contributed by atoms with Crippen molar-refractivity contribution in [2.24, 2.45) is 0 Å². The first-order valence-corrected chi connectivity index (χ1v) is 16.2. The van der Waals surface area contributed by atoms with Crippen molar-refractivity contribution in [3.05, 3.63) is 156 Å². The Balaban J connectivity index is 1.17. The third-order valence-electron chi connectivity index (χ3n) is 10.2. The molecule has 0 saturated carbocycles. The Bertz CT molecular complexity index is 2740. The smallest absolute Gasteiger partial charge is 0.150 e. The van der Waals surface area contributed by atoms with Crippen LogP contribution >= 0.6 is 0 Å².